The van der Waals surface area contributed by atoms with E-state index in [2.05, 4.69) is 39.0 Å². The van der Waals surface area contributed by atoms with Gasteiger partial charge in [0.1, 0.15) is 0 Å². The molecule has 3 aliphatic heterocycles. The van der Waals surface area contributed by atoms with Crippen molar-refractivity contribution in [2.45, 2.75) is 43.0 Å². The van der Waals surface area contributed by atoms with Gasteiger partial charge in [0.05, 0.1) is 36.8 Å². The number of carbonyl (C=O) groups is 4. The predicted molar refractivity (Wildman–Crippen MR) is 156 cm³/mol. The van der Waals surface area contributed by atoms with Crippen LogP contribution in [0.15, 0.2) is 66.7 Å². The van der Waals surface area contributed by atoms with Crippen LogP contribution in [0.25, 0.3) is 0 Å². The summed E-state index contributed by atoms with van der Waals surface area (Å²) in [5.41, 5.74) is 3.11. The van der Waals surface area contributed by atoms with Gasteiger partial charge in [0, 0.05) is 22.2 Å². The van der Waals surface area contributed by atoms with Crippen LogP contribution in [0, 0.1) is 0 Å². The Morgan fingerprint density at radius 2 is 1.41 bits per heavy atom. The minimum Gasteiger partial charge on any atom is -0.465 e. The number of hydrogen-bond donors (Lipinski definition) is 0. The average molecular weight is 571 g/mol. The van der Waals surface area contributed by atoms with Gasteiger partial charge in [-0.1, -0.05) is 55.5 Å². The van der Waals surface area contributed by atoms with Crippen molar-refractivity contribution < 1.29 is 28.7 Å². The molecule has 2 amide bonds. The van der Waals surface area contributed by atoms with Crippen molar-refractivity contribution in [1.29, 1.82) is 0 Å². The fraction of sp³-hybridized carbons (Fsp3) is 0.312. The Morgan fingerprint density at radius 3 is 2.02 bits per heavy atom. The first-order valence-electron chi connectivity index (χ1n) is 13.3. The van der Waals surface area contributed by atoms with Crippen LogP contribution in [0.5, 0.6) is 0 Å². The van der Waals surface area contributed by atoms with Crippen molar-refractivity contribution in [2.24, 2.45) is 0 Å². The monoisotopic (exact) mass is 570 g/mol. The summed E-state index contributed by atoms with van der Waals surface area (Å²) in [4.78, 5) is 55.5. The number of anilines is 2. The Hall–Kier alpha value is -4.11. The highest BCUT2D eigenvalue weighted by molar-refractivity contribution is 8.02. The van der Waals surface area contributed by atoms with Gasteiger partial charge in [0.25, 0.3) is 5.91 Å². The number of amides is 2. The number of hydrogen-bond acceptors (Lipinski definition) is 7. The van der Waals surface area contributed by atoms with Crippen molar-refractivity contribution in [3.05, 3.63) is 94.5 Å². The zero-order chi connectivity index (χ0) is 29.3. The number of carbonyl (C=O) groups excluding carboxylic acids is 4. The second-order valence-electron chi connectivity index (χ2n) is 11.4. The molecule has 0 bridgehead atoms. The summed E-state index contributed by atoms with van der Waals surface area (Å²) in [5.74, 6) is -1.83. The van der Waals surface area contributed by atoms with Gasteiger partial charge in [-0.25, -0.2) is 9.59 Å². The number of thioether (sulfide) groups is 1. The maximum absolute atomic E-state index is 14.8. The Morgan fingerprint density at radius 1 is 0.805 bits per heavy atom. The molecule has 0 saturated carbocycles. The SMILES string of the molecule is COC(=O)c1cc(C(=O)OC)cc(N2C(=O)CS[C@]23C(=O)N2c4c(cccc43)[C@](C)(c3ccccc3)CC2(C)C)c1. The van der Waals surface area contributed by atoms with Crippen molar-refractivity contribution in [1.82, 2.24) is 0 Å². The van der Waals surface area contributed by atoms with Crippen LogP contribution < -0.4 is 9.80 Å². The van der Waals surface area contributed by atoms with Crippen LogP contribution in [0.4, 0.5) is 11.4 Å². The van der Waals surface area contributed by atoms with Crippen LogP contribution in [0.1, 0.15) is 64.6 Å². The molecule has 0 aliphatic carbocycles. The van der Waals surface area contributed by atoms with E-state index in [1.165, 1.54) is 49.1 Å². The number of nitrogens with zero attached hydrogens (tertiary/aromatic N) is 2. The third-order valence-electron chi connectivity index (χ3n) is 8.50. The number of fused-ring (bicyclic) bond motifs is 1. The van der Waals surface area contributed by atoms with Crippen molar-refractivity contribution in [2.75, 3.05) is 29.8 Å². The van der Waals surface area contributed by atoms with Gasteiger partial charge in [-0.05, 0) is 49.6 Å². The lowest BCUT2D eigenvalue weighted by Gasteiger charge is -2.50. The summed E-state index contributed by atoms with van der Waals surface area (Å²) >= 11 is 1.26. The van der Waals surface area contributed by atoms with E-state index in [4.69, 9.17) is 9.47 Å². The first kappa shape index (κ1) is 27.1. The molecular formula is C32H30N2O6S. The molecule has 9 heteroatoms. The maximum atomic E-state index is 14.8. The van der Waals surface area contributed by atoms with E-state index in [1.54, 1.807) is 0 Å². The fourth-order valence-electron chi connectivity index (χ4n) is 6.92. The lowest BCUT2D eigenvalue weighted by molar-refractivity contribution is -0.124. The standard InChI is InChI=1S/C32H30N2O6S/c1-30(2)18-31(3,21-10-7-6-8-11-21)23-12-9-13-24-26(23)34(30)29(38)32(24)33(25(35)17-41-32)22-15-19(27(36)39-4)14-20(16-22)28(37)40-5/h6-16H,17-18H2,1-5H3/t31-,32+/m0/s1. The zero-order valence-electron chi connectivity index (χ0n) is 23.5. The smallest absolute Gasteiger partial charge is 0.337 e. The molecule has 0 radical (unpaired) electrons. The first-order chi connectivity index (χ1) is 19.5. The minimum absolute atomic E-state index is 0.0512. The molecule has 2 atom stereocenters. The third kappa shape index (κ3) is 3.68. The molecule has 0 unspecified atom stereocenters. The topological polar surface area (TPSA) is 93.2 Å². The van der Waals surface area contributed by atoms with E-state index in [-0.39, 0.29) is 39.8 Å². The highest BCUT2D eigenvalue weighted by Crippen LogP contribution is 2.63. The Bertz CT molecular complexity index is 1600. The normalized spacial score (nSPS) is 24.0. The molecule has 1 saturated heterocycles. The molecule has 3 aliphatic rings. The van der Waals surface area contributed by atoms with Crippen molar-refractivity contribution in [3.8, 4) is 0 Å². The molecule has 210 valence electrons. The average Bonchev–Trinajstić information content (AvgIpc) is 3.45. The van der Waals surface area contributed by atoms with E-state index < -0.39 is 22.3 Å². The number of rotatable bonds is 4. The van der Waals surface area contributed by atoms with Crippen LogP contribution in [0.3, 0.4) is 0 Å². The van der Waals surface area contributed by atoms with Gasteiger partial charge in [-0.15, -0.1) is 11.8 Å². The van der Waals surface area contributed by atoms with Crippen molar-refractivity contribution in [3.63, 3.8) is 0 Å². The van der Waals surface area contributed by atoms with E-state index in [1.807, 2.05) is 35.2 Å². The summed E-state index contributed by atoms with van der Waals surface area (Å²) in [6, 6.07) is 20.5. The summed E-state index contributed by atoms with van der Waals surface area (Å²) < 4.78 is 9.84. The number of benzene rings is 3. The molecule has 3 heterocycles. The molecule has 3 aromatic carbocycles. The number of para-hydroxylation sites is 1. The fourth-order valence-corrected chi connectivity index (χ4v) is 8.25. The molecule has 0 N–H and O–H groups in total. The largest absolute Gasteiger partial charge is 0.465 e. The van der Waals surface area contributed by atoms with E-state index in [9.17, 15) is 19.2 Å². The number of methoxy groups -OCH3 is 2. The van der Waals surface area contributed by atoms with Crippen molar-refractivity contribution >= 4 is 46.9 Å². The van der Waals surface area contributed by atoms with E-state index in [0.29, 0.717) is 12.0 Å². The molecule has 1 fully saturated rings. The van der Waals surface area contributed by atoms with Gasteiger partial charge >= 0.3 is 11.9 Å². The molecule has 1 spiro atoms. The molecule has 3 aromatic rings. The molecular weight excluding hydrogens is 540 g/mol. The first-order valence-corrected chi connectivity index (χ1v) is 14.3. The Balaban J connectivity index is 1.61. The van der Waals surface area contributed by atoms with Crippen LogP contribution >= 0.6 is 11.8 Å². The Kier molecular flexibility index (Phi) is 6.08. The quantitative estimate of drug-likeness (QED) is 0.407. The second-order valence-corrected chi connectivity index (χ2v) is 12.6. The highest BCUT2D eigenvalue weighted by atomic mass is 32.2. The highest BCUT2D eigenvalue weighted by Gasteiger charge is 2.66. The van der Waals surface area contributed by atoms with Crippen LogP contribution in [-0.2, 0) is 29.3 Å². The summed E-state index contributed by atoms with van der Waals surface area (Å²) in [5, 5.41) is 0. The maximum Gasteiger partial charge on any atom is 0.337 e. The van der Waals surface area contributed by atoms with E-state index in [0.717, 1.165) is 16.8 Å². The third-order valence-corrected chi connectivity index (χ3v) is 9.89. The van der Waals surface area contributed by atoms with Gasteiger partial charge in [0.15, 0.2) is 0 Å². The predicted octanol–water partition coefficient (Wildman–Crippen LogP) is 5.03. The van der Waals surface area contributed by atoms with Gasteiger partial charge in [-0.3, -0.25) is 14.5 Å². The molecule has 0 aromatic heterocycles. The zero-order valence-corrected chi connectivity index (χ0v) is 24.3. The molecule has 41 heavy (non-hydrogen) atoms. The summed E-state index contributed by atoms with van der Waals surface area (Å²) in [6.07, 6.45) is 0.672. The molecule has 8 nitrogen and oxygen atoms in total. The van der Waals surface area contributed by atoms with Crippen LogP contribution in [-0.4, -0.2) is 49.3 Å². The van der Waals surface area contributed by atoms with Gasteiger partial charge in [-0.2, -0.15) is 0 Å². The van der Waals surface area contributed by atoms with E-state index >= 15 is 0 Å². The molecule has 6 rings (SSSR count). The second kappa shape index (κ2) is 9.21. The summed E-state index contributed by atoms with van der Waals surface area (Å²) in [6.45, 7) is 6.33. The minimum atomic E-state index is -1.41. The van der Waals surface area contributed by atoms with Gasteiger partial charge < -0.3 is 14.4 Å². The van der Waals surface area contributed by atoms with Crippen LogP contribution in [0.2, 0.25) is 0 Å². The number of ether oxygens (including phenoxy) is 2. The Labute approximate surface area is 242 Å². The number of esters is 2. The van der Waals surface area contributed by atoms with Gasteiger partial charge in [0.2, 0.25) is 10.8 Å². The summed E-state index contributed by atoms with van der Waals surface area (Å²) in [7, 11) is 2.48. The lowest BCUT2D eigenvalue weighted by atomic mass is 9.65. The lowest BCUT2D eigenvalue weighted by Crippen LogP contribution is -2.58.